The van der Waals surface area contributed by atoms with Gasteiger partial charge in [0.25, 0.3) is 11.8 Å². The van der Waals surface area contributed by atoms with Crippen molar-refractivity contribution in [3.8, 4) is 5.75 Å². The molecule has 3 rings (SSSR count). The van der Waals surface area contributed by atoms with Crippen LogP contribution in [0.5, 0.6) is 5.75 Å². The van der Waals surface area contributed by atoms with Gasteiger partial charge in [-0.3, -0.25) is 9.59 Å². The standard InChI is InChI=1S/C16H18N4O3/c1-3-10(2)20-14(6-7-17-20)19-16(22)11-4-5-12-13(8-11)23-9-15(21)18-12/h4-8,10H,3,9H2,1-2H3,(H,18,21)(H,19,22). The molecule has 7 nitrogen and oxygen atoms in total. The lowest BCUT2D eigenvalue weighted by Gasteiger charge is -2.18. The topological polar surface area (TPSA) is 85.2 Å². The molecule has 0 bridgehead atoms. The minimum absolute atomic E-state index is 0.0428. The van der Waals surface area contributed by atoms with Crippen LogP contribution in [0.15, 0.2) is 30.5 Å². The summed E-state index contributed by atoms with van der Waals surface area (Å²) in [6.07, 6.45) is 2.57. The van der Waals surface area contributed by atoms with Crippen molar-refractivity contribution < 1.29 is 14.3 Å². The molecule has 7 heteroatoms. The van der Waals surface area contributed by atoms with E-state index in [0.29, 0.717) is 22.8 Å². The molecule has 0 fully saturated rings. The monoisotopic (exact) mass is 314 g/mol. The smallest absolute Gasteiger partial charge is 0.262 e. The molecule has 0 aliphatic carbocycles. The molecule has 2 heterocycles. The van der Waals surface area contributed by atoms with Crippen molar-refractivity contribution in [3.63, 3.8) is 0 Å². The average Bonchev–Trinajstić information content (AvgIpc) is 3.01. The van der Waals surface area contributed by atoms with Gasteiger partial charge >= 0.3 is 0 Å². The average molecular weight is 314 g/mol. The Morgan fingerprint density at radius 1 is 1.48 bits per heavy atom. The van der Waals surface area contributed by atoms with Crippen molar-refractivity contribution in [2.24, 2.45) is 0 Å². The van der Waals surface area contributed by atoms with Gasteiger partial charge in [-0.2, -0.15) is 5.10 Å². The van der Waals surface area contributed by atoms with E-state index in [9.17, 15) is 9.59 Å². The van der Waals surface area contributed by atoms with Crippen molar-refractivity contribution in [1.82, 2.24) is 9.78 Å². The van der Waals surface area contributed by atoms with Crippen molar-refractivity contribution in [1.29, 1.82) is 0 Å². The zero-order chi connectivity index (χ0) is 16.4. The summed E-state index contributed by atoms with van der Waals surface area (Å²) in [4.78, 5) is 23.7. The Balaban J connectivity index is 1.79. The molecule has 2 amide bonds. The zero-order valence-corrected chi connectivity index (χ0v) is 13.0. The second-order valence-corrected chi connectivity index (χ2v) is 5.42. The lowest BCUT2D eigenvalue weighted by molar-refractivity contribution is -0.118. The van der Waals surface area contributed by atoms with Gasteiger partial charge in [0.15, 0.2) is 6.61 Å². The number of carbonyl (C=O) groups is 2. The summed E-state index contributed by atoms with van der Waals surface area (Å²) in [5.74, 6) is 0.689. The highest BCUT2D eigenvalue weighted by Crippen LogP contribution is 2.29. The van der Waals surface area contributed by atoms with Crippen molar-refractivity contribution in [2.75, 3.05) is 17.2 Å². The van der Waals surface area contributed by atoms with E-state index in [0.717, 1.165) is 6.42 Å². The van der Waals surface area contributed by atoms with Crippen LogP contribution in [0, 0.1) is 0 Å². The van der Waals surface area contributed by atoms with Gasteiger partial charge in [-0.25, -0.2) is 4.68 Å². The summed E-state index contributed by atoms with van der Waals surface area (Å²) in [6.45, 7) is 4.06. The summed E-state index contributed by atoms with van der Waals surface area (Å²) in [7, 11) is 0. The van der Waals surface area contributed by atoms with Crippen molar-refractivity contribution >= 4 is 23.3 Å². The first-order valence-corrected chi connectivity index (χ1v) is 7.50. The molecule has 0 saturated heterocycles. The van der Waals surface area contributed by atoms with Gasteiger partial charge in [0.05, 0.1) is 17.9 Å². The Morgan fingerprint density at radius 2 is 2.30 bits per heavy atom. The number of hydrogen-bond acceptors (Lipinski definition) is 4. The third-order valence-corrected chi connectivity index (χ3v) is 3.80. The number of anilines is 2. The van der Waals surface area contributed by atoms with E-state index >= 15 is 0 Å². The van der Waals surface area contributed by atoms with Crippen LogP contribution in [0.2, 0.25) is 0 Å². The lowest BCUT2D eigenvalue weighted by Crippen LogP contribution is -2.25. The SMILES string of the molecule is CCC(C)n1nccc1NC(=O)c1ccc2c(c1)OCC(=O)N2. The van der Waals surface area contributed by atoms with E-state index in [4.69, 9.17) is 4.74 Å². The first-order chi connectivity index (χ1) is 11.1. The van der Waals surface area contributed by atoms with Crippen molar-refractivity contribution in [3.05, 3.63) is 36.0 Å². The van der Waals surface area contributed by atoms with Gasteiger partial charge in [0.1, 0.15) is 11.6 Å². The molecular weight excluding hydrogens is 296 g/mol. The summed E-state index contributed by atoms with van der Waals surface area (Å²) in [6, 6.07) is 6.88. The Kier molecular flexibility index (Phi) is 4.01. The molecule has 1 atom stereocenters. The molecular formula is C16H18N4O3. The normalized spacial score (nSPS) is 14.4. The number of fused-ring (bicyclic) bond motifs is 1. The minimum atomic E-state index is -0.252. The lowest BCUT2D eigenvalue weighted by atomic mass is 10.1. The fourth-order valence-electron chi connectivity index (χ4n) is 2.34. The van der Waals surface area contributed by atoms with Gasteiger partial charge in [-0.15, -0.1) is 0 Å². The predicted octanol–water partition coefficient (Wildman–Crippen LogP) is 2.44. The maximum atomic E-state index is 12.4. The third kappa shape index (κ3) is 3.03. The summed E-state index contributed by atoms with van der Waals surface area (Å²) in [5, 5.41) is 9.79. The molecule has 2 aromatic rings. The number of benzene rings is 1. The van der Waals surface area contributed by atoms with Gasteiger partial charge in [-0.05, 0) is 31.5 Å². The number of nitrogens with zero attached hydrogens (tertiary/aromatic N) is 2. The molecule has 1 aliphatic heterocycles. The molecule has 120 valence electrons. The first kappa shape index (κ1) is 15.1. The van der Waals surface area contributed by atoms with Crippen LogP contribution in [0.4, 0.5) is 11.5 Å². The fourth-order valence-corrected chi connectivity index (χ4v) is 2.34. The number of carbonyl (C=O) groups excluding carboxylic acids is 2. The Labute approximate surface area is 133 Å². The third-order valence-electron chi connectivity index (χ3n) is 3.80. The highest BCUT2D eigenvalue weighted by Gasteiger charge is 2.19. The van der Waals surface area contributed by atoms with Crippen LogP contribution in [-0.2, 0) is 4.79 Å². The molecule has 0 spiro atoms. The first-order valence-electron chi connectivity index (χ1n) is 7.50. The molecule has 0 saturated carbocycles. The summed E-state index contributed by atoms with van der Waals surface area (Å²) >= 11 is 0. The molecule has 1 aromatic heterocycles. The number of ether oxygens (including phenoxy) is 1. The van der Waals surface area contributed by atoms with Crippen LogP contribution in [0.25, 0.3) is 0 Å². The molecule has 1 aromatic carbocycles. The molecule has 2 N–H and O–H groups in total. The van der Waals surface area contributed by atoms with Crippen LogP contribution in [0.1, 0.15) is 36.7 Å². The number of rotatable bonds is 4. The second kappa shape index (κ2) is 6.12. The summed E-state index contributed by atoms with van der Waals surface area (Å²) < 4.78 is 7.12. The molecule has 23 heavy (non-hydrogen) atoms. The quantitative estimate of drug-likeness (QED) is 0.907. The summed E-state index contributed by atoms with van der Waals surface area (Å²) in [5.41, 5.74) is 1.03. The maximum absolute atomic E-state index is 12.4. The van der Waals surface area contributed by atoms with Crippen molar-refractivity contribution in [2.45, 2.75) is 26.3 Å². The Morgan fingerprint density at radius 3 is 3.09 bits per heavy atom. The largest absolute Gasteiger partial charge is 0.482 e. The fraction of sp³-hybridized carbons (Fsp3) is 0.312. The molecule has 1 unspecified atom stereocenters. The van der Waals surface area contributed by atoms with E-state index in [1.54, 1.807) is 35.1 Å². The Bertz CT molecular complexity index is 754. The minimum Gasteiger partial charge on any atom is -0.482 e. The van der Waals surface area contributed by atoms with E-state index < -0.39 is 0 Å². The maximum Gasteiger partial charge on any atom is 0.262 e. The highest BCUT2D eigenvalue weighted by molar-refractivity contribution is 6.05. The Hall–Kier alpha value is -2.83. The second-order valence-electron chi connectivity index (χ2n) is 5.42. The van der Waals surface area contributed by atoms with Gasteiger partial charge in [0.2, 0.25) is 0 Å². The van der Waals surface area contributed by atoms with Gasteiger partial charge in [-0.1, -0.05) is 6.92 Å². The van der Waals surface area contributed by atoms with E-state index in [1.165, 1.54) is 0 Å². The van der Waals surface area contributed by atoms with E-state index in [-0.39, 0.29) is 24.5 Å². The predicted molar refractivity (Wildman–Crippen MR) is 85.7 cm³/mol. The number of aromatic nitrogens is 2. The van der Waals surface area contributed by atoms with Crippen LogP contribution >= 0.6 is 0 Å². The number of hydrogen-bond donors (Lipinski definition) is 2. The molecule has 1 aliphatic rings. The zero-order valence-electron chi connectivity index (χ0n) is 13.0. The van der Waals surface area contributed by atoms with E-state index in [1.807, 2.05) is 6.92 Å². The molecule has 0 radical (unpaired) electrons. The van der Waals surface area contributed by atoms with E-state index in [2.05, 4.69) is 22.7 Å². The highest BCUT2D eigenvalue weighted by atomic mass is 16.5. The van der Waals surface area contributed by atoms with Gasteiger partial charge in [0, 0.05) is 11.6 Å². The van der Waals surface area contributed by atoms with Crippen LogP contribution < -0.4 is 15.4 Å². The van der Waals surface area contributed by atoms with Crippen LogP contribution in [-0.4, -0.2) is 28.2 Å². The van der Waals surface area contributed by atoms with Crippen LogP contribution in [0.3, 0.4) is 0 Å². The number of amides is 2. The number of nitrogens with one attached hydrogen (secondary N) is 2. The van der Waals surface area contributed by atoms with Gasteiger partial charge < -0.3 is 15.4 Å².